The second-order valence-electron chi connectivity index (χ2n) is 5.45. The number of amides is 1. The maximum atomic E-state index is 12.1. The van der Waals surface area contributed by atoms with Crippen LogP contribution in [-0.4, -0.2) is 28.0 Å². The molecule has 0 aromatic carbocycles. The van der Waals surface area contributed by atoms with Crippen molar-refractivity contribution in [2.75, 3.05) is 6.54 Å². The Hall–Kier alpha value is -1.36. The highest BCUT2D eigenvalue weighted by Crippen LogP contribution is 2.26. The lowest BCUT2D eigenvalue weighted by Gasteiger charge is -2.28. The van der Waals surface area contributed by atoms with Gasteiger partial charge in [-0.25, -0.2) is 4.98 Å². The minimum atomic E-state index is -0.0751. The van der Waals surface area contributed by atoms with Crippen molar-refractivity contribution in [3.63, 3.8) is 0 Å². The number of nitrogens with zero attached hydrogens (tertiary/aromatic N) is 2. The second kappa shape index (κ2) is 6.70. The third-order valence-corrected chi connectivity index (χ3v) is 3.97. The van der Waals surface area contributed by atoms with E-state index in [4.69, 9.17) is 5.73 Å². The number of nitrogens with one attached hydrogen (secondary N) is 1. The number of carbonyl (C=O) groups is 1. The Morgan fingerprint density at radius 1 is 1.53 bits per heavy atom. The molecule has 1 fully saturated rings. The number of nitrogens with two attached hydrogens (primary N) is 1. The van der Waals surface area contributed by atoms with Crippen LogP contribution in [0.3, 0.4) is 0 Å². The number of aromatic nitrogens is 2. The number of imidazole rings is 1. The lowest BCUT2D eigenvalue weighted by atomic mass is 9.84. The lowest BCUT2D eigenvalue weighted by molar-refractivity contribution is 0.0914. The van der Waals surface area contributed by atoms with Crippen LogP contribution in [0, 0.1) is 5.92 Å². The van der Waals surface area contributed by atoms with Gasteiger partial charge in [0.1, 0.15) is 5.69 Å². The molecule has 0 aliphatic heterocycles. The van der Waals surface area contributed by atoms with E-state index in [9.17, 15) is 4.79 Å². The predicted molar refractivity (Wildman–Crippen MR) is 74.8 cm³/mol. The van der Waals surface area contributed by atoms with E-state index in [0.29, 0.717) is 24.7 Å². The number of carbonyl (C=O) groups excluding carboxylic acids is 1. The molecular formula is C14H24N4O. The molecule has 1 heterocycles. The summed E-state index contributed by atoms with van der Waals surface area (Å²) < 4.78 is 1.85. The van der Waals surface area contributed by atoms with E-state index in [1.165, 1.54) is 32.1 Å². The van der Waals surface area contributed by atoms with Crippen molar-refractivity contribution in [1.82, 2.24) is 14.9 Å². The van der Waals surface area contributed by atoms with Crippen LogP contribution in [-0.2, 0) is 6.54 Å². The molecule has 0 radical (unpaired) electrons. The first kappa shape index (κ1) is 14.1. The molecule has 1 atom stereocenters. The first-order valence-electron chi connectivity index (χ1n) is 7.23. The summed E-state index contributed by atoms with van der Waals surface area (Å²) in [6, 6.07) is 0.229. The summed E-state index contributed by atoms with van der Waals surface area (Å²) in [6.45, 7) is 3.35. The van der Waals surface area contributed by atoms with E-state index in [1.54, 1.807) is 12.5 Å². The summed E-state index contributed by atoms with van der Waals surface area (Å²) in [6.07, 6.45) is 9.78. The van der Waals surface area contributed by atoms with Crippen molar-refractivity contribution >= 4 is 5.91 Å². The van der Waals surface area contributed by atoms with Gasteiger partial charge in [-0.3, -0.25) is 4.79 Å². The molecule has 0 spiro atoms. The van der Waals surface area contributed by atoms with Crippen LogP contribution in [0.5, 0.6) is 0 Å². The minimum absolute atomic E-state index is 0.0751. The maximum absolute atomic E-state index is 12.1. The molecule has 3 N–H and O–H groups in total. The maximum Gasteiger partial charge on any atom is 0.271 e. The molecular weight excluding hydrogens is 240 g/mol. The fraction of sp³-hybridized carbons (Fsp3) is 0.714. The van der Waals surface area contributed by atoms with Gasteiger partial charge >= 0.3 is 0 Å². The van der Waals surface area contributed by atoms with E-state index >= 15 is 0 Å². The number of rotatable bonds is 5. The molecule has 1 amide bonds. The molecule has 1 aliphatic rings. The van der Waals surface area contributed by atoms with Gasteiger partial charge in [0.25, 0.3) is 5.91 Å². The minimum Gasteiger partial charge on any atom is -0.348 e. The standard InChI is InChI=1S/C14H24N4O/c1-11(12-5-3-2-4-6-12)17-14(19)13-9-18(8-7-15)10-16-13/h9-12H,2-8,15H2,1H3,(H,17,19)/t11-/m1/s1. The molecule has 0 unspecified atom stereocenters. The molecule has 19 heavy (non-hydrogen) atoms. The van der Waals surface area contributed by atoms with Gasteiger partial charge in [-0.15, -0.1) is 0 Å². The first-order chi connectivity index (χ1) is 9.20. The third kappa shape index (κ3) is 3.80. The molecule has 2 rings (SSSR count). The Bertz CT molecular complexity index is 409. The number of hydrogen-bond donors (Lipinski definition) is 2. The summed E-state index contributed by atoms with van der Waals surface area (Å²) in [4.78, 5) is 16.2. The van der Waals surface area contributed by atoms with Crippen LogP contribution in [0.1, 0.15) is 49.5 Å². The summed E-state index contributed by atoms with van der Waals surface area (Å²) in [5, 5.41) is 3.08. The zero-order valence-electron chi connectivity index (χ0n) is 11.6. The van der Waals surface area contributed by atoms with Gasteiger partial charge in [-0.05, 0) is 25.7 Å². The SMILES string of the molecule is C[C@@H](NC(=O)c1cn(CCN)cn1)C1CCCCC1. The van der Waals surface area contributed by atoms with Crippen LogP contribution in [0.4, 0.5) is 0 Å². The monoisotopic (exact) mass is 264 g/mol. The number of hydrogen-bond acceptors (Lipinski definition) is 3. The fourth-order valence-electron chi connectivity index (χ4n) is 2.78. The van der Waals surface area contributed by atoms with Crippen molar-refractivity contribution in [2.24, 2.45) is 11.7 Å². The van der Waals surface area contributed by atoms with Gasteiger partial charge in [0.2, 0.25) is 0 Å². The van der Waals surface area contributed by atoms with E-state index in [-0.39, 0.29) is 11.9 Å². The summed E-state index contributed by atoms with van der Waals surface area (Å²) in [7, 11) is 0. The third-order valence-electron chi connectivity index (χ3n) is 3.97. The zero-order valence-corrected chi connectivity index (χ0v) is 11.6. The van der Waals surface area contributed by atoms with E-state index in [0.717, 1.165) is 0 Å². The molecule has 5 nitrogen and oxygen atoms in total. The normalized spacial score (nSPS) is 18.2. The van der Waals surface area contributed by atoms with Crippen molar-refractivity contribution in [3.8, 4) is 0 Å². The van der Waals surface area contributed by atoms with Crippen LogP contribution in [0.2, 0.25) is 0 Å². The molecule has 1 saturated carbocycles. The van der Waals surface area contributed by atoms with Crippen molar-refractivity contribution < 1.29 is 4.79 Å². The quantitative estimate of drug-likeness (QED) is 0.847. The Balaban J connectivity index is 1.88. The van der Waals surface area contributed by atoms with Crippen LogP contribution in [0.25, 0.3) is 0 Å². The van der Waals surface area contributed by atoms with Gasteiger partial charge in [0.05, 0.1) is 6.33 Å². The van der Waals surface area contributed by atoms with Crippen LogP contribution in [0.15, 0.2) is 12.5 Å². The van der Waals surface area contributed by atoms with Gasteiger partial charge in [0, 0.05) is 25.3 Å². The van der Waals surface area contributed by atoms with Gasteiger partial charge in [-0.2, -0.15) is 0 Å². The smallest absolute Gasteiger partial charge is 0.271 e. The topological polar surface area (TPSA) is 72.9 Å². The molecule has 1 aromatic heterocycles. The summed E-state index contributed by atoms with van der Waals surface area (Å²) in [5.41, 5.74) is 5.96. The molecule has 1 aromatic rings. The van der Waals surface area contributed by atoms with E-state index in [1.807, 2.05) is 4.57 Å². The average molecular weight is 264 g/mol. The molecule has 0 bridgehead atoms. The largest absolute Gasteiger partial charge is 0.348 e. The highest BCUT2D eigenvalue weighted by atomic mass is 16.2. The molecule has 1 aliphatic carbocycles. The van der Waals surface area contributed by atoms with E-state index in [2.05, 4.69) is 17.2 Å². The Morgan fingerprint density at radius 2 is 2.26 bits per heavy atom. The summed E-state index contributed by atoms with van der Waals surface area (Å²) in [5.74, 6) is 0.540. The Labute approximate surface area is 114 Å². The van der Waals surface area contributed by atoms with Crippen molar-refractivity contribution in [1.29, 1.82) is 0 Å². The van der Waals surface area contributed by atoms with Crippen molar-refractivity contribution in [2.45, 2.75) is 51.6 Å². The second-order valence-corrected chi connectivity index (χ2v) is 5.45. The summed E-state index contributed by atoms with van der Waals surface area (Å²) >= 11 is 0. The lowest BCUT2D eigenvalue weighted by Crippen LogP contribution is -2.39. The van der Waals surface area contributed by atoms with Gasteiger partial charge < -0.3 is 15.6 Å². The van der Waals surface area contributed by atoms with Crippen LogP contribution < -0.4 is 11.1 Å². The Morgan fingerprint density at radius 3 is 2.95 bits per heavy atom. The van der Waals surface area contributed by atoms with Gasteiger partial charge in [-0.1, -0.05) is 19.3 Å². The van der Waals surface area contributed by atoms with Crippen LogP contribution >= 0.6 is 0 Å². The molecule has 106 valence electrons. The van der Waals surface area contributed by atoms with Crippen molar-refractivity contribution in [3.05, 3.63) is 18.2 Å². The highest BCUT2D eigenvalue weighted by molar-refractivity contribution is 5.92. The first-order valence-corrected chi connectivity index (χ1v) is 7.23. The highest BCUT2D eigenvalue weighted by Gasteiger charge is 2.22. The zero-order chi connectivity index (χ0) is 13.7. The fourth-order valence-corrected chi connectivity index (χ4v) is 2.78. The average Bonchev–Trinajstić information content (AvgIpc) is 2.89. The predicted octanol–water partition coefficient (Wildman–Crippen LogP) is 1.54. The molecule has 5 heteroatoms. The van der Waals surface area contributed by atoms with Gasteiger partial charge in [0.15, 0.2) is 0 Å². The molecule has 0 saturated heterocycles. The van der Waals surface area contributed by atoms with E-state index < -0.39 is 0 Å². The Kier molecular flexibility index (Phi) is 4.96.